The topological polar surface area (TPSA) is 59.9 Å². The summed E-state index contributed by atoms with van der Waals surface area (Å²) in [4.78, 5) is 12.3. The SMILES string of the molecule is CCOc1cc(/C=N/NC(=O)Cc2ccc(C)cc2C)cc(Cl)c1OCc1ccc(Cl)cc1. The lowest BCUT2D eigenvalue weighted by Crippen LogP contribution is -2.20. The standard InChI is InChI=1S/C26H26Cl2N2O3/c1-4-32-24-13-20(12-23(28)26(24)33-16-19-6-9-22(27)10-7-19)15-29-30-25(31)14-21-8-5-17(2)11-18(21)3/h5-13,15H,4,14,16H2,1-3H3,(H,30,31)/b29-15+. The molecule has 0 heterocycles. The minimum Gasteiger partial charge on any atom is -0.490 e. The molecule has 3 aromatic rings. The molecule has 7 heteroatoms. The molecular formula is C26H26Cl2N2O3. The van der Waals surface area contributed by atoms with Crippen molar-refractivity contribution in [3.63, 3.8) is 0 Å². The van der Waals surface area contributed by atoms with Gasteiger partial charge in [0, 0.05) is 5.02 Å². The zero-order chi connectivity index (χ0) is 23.8. The number of nitrogens with zero attached hydrogens (tertiary/aromatic N) is 1. The van der Waals surface area contributed by atoms with Crippen LogP contribution >= 0.6 is 23.2 Å². The van der Waals surface area contributed by atoms with Crippen molar-refractivity contribution < 1.29 is 14.3 Å². The van der Waals surface area contributed by atoms with Crippen molar-refractivity contribution in [2.24, 2.45) is 5.10 Å². The van der Waals surface area contributed by atoms with E-state index in [1.165, 1.54) is 6.21 Å². The fourth-order valence-corrected chi connectivity index (χ4v) is 3.64. The van der Waals surface area contributed by atoms with E-state index in [1.54, 1.807) is 24.3 Å². The lowest BCUT2D eigenvalue weighted by Gasteiger charge is -2.14. The van der Waals surface area contributed by atoms with Crippen LogP contribution in [0.1, 0.15) is 34.7 Å². The van der Waals surface area contributed by atoms with Gasteiger partial charge in [-0.15, -0.1) is 0 Å². The Morgan fingerprint density at radius 1 is 1.03 bits per heavy atom. The number of amides is 1. The maximum absolute atomic E-state index is 12.3. The smallest absolute Gasteiger partial charge is 0.244 e. The van der Waals surface area contributed by atoms with Crippen LogP contribution in [-0.4, -0.2) is 18.7 Å². The highest BCUT2D eigenvalue weighted by molar-refractivity contribution is 6.32. The van der Waals surface area contributed by atoms with Gasteiger partial charge in [0.1, 0.15) is 6.61 Å². The molecule has 0 radical (unpaired) electrons. The van der Waals surface area contributed by atoms with Gasteiger partial charge in [-0.1, -0.05) is 59.1 Å². The van der Waals surface area contributed by atoms with Crippen molar-refractivity contribution in [1.29, 1.82) is 0 Å². The third-order valence-electron chi connectivity index (χ3n) is 4.88. The molecule has 0 saturated carbocycles. The molecular weight excluding hydrogens is 459 g/mol. The summed E-state index contributed by atoms with van der Waals surface area (Å²) < 4.78 is 11.6. The number of halogens is 2. The minimum absolute atomic E-state index is 0.197. The van der Waals surface area contributed by atoms with Crippen LogP contribution in [0.2, 0.25) is 10.0 Å². The van der Waals surface area contributed by atoms with E-state index in [9.17, 15) is 4.79 Å². The molecule has 0 spiro atoms. The quantitative estimate of drug-likeness (QED) is 0.287. The maximum atomic E-state index is 12.3. The van der Waals surface area contributed by atoms with E-state index in [0.717, 1.165) is 22.3 Å². The number of ether oxygens (including phenoxy) is 2. The summed E-state index contributed by atoms with van der Waals surface area (Å²) in [5.74, 6) is 0.753. The number of hydrazone groups is 1. The van der Waals surface area contributed by atoms with Crippen LogP contribution in [0.25, 0.3) is 0 Å². The second-order valence-corrected chi connectivity index (χ2v) is 8.42. The van der Waals surface area contributed by atoms with Gasteiger partial charge in [-0.3, -0.25) is 4.79 Å². The minimum atomic E-state index is -0.197. The summed E-state index contributed by atoms with van der Waals surface area (Å²) in [5, 5.41) is 5.12. The Bertz CT molecular complexity index is 1150. The van der Waals surface area contributed by atoms with E-state index in [4.69, 9.17) is 32.7 Å². The van der Waals surface area contributed by atoms with E-state index < -0.39 is 0 Å². The summed E-state index contributed by atoms with van der Waals surface area (Å²) in [6.07, 6.45) is 1.78. The first kappa shape index (κ1) is 24.6. The molecule has 5 nitrogen and oxygen atoms in total. The molecule has 1 N–H and O–H groups in total. The first-order chi connectivity index (χ1) is 15.9. The highest BCUT2D eigenvalue weighted by atomic mass is 35.5. The van der Waals surface area contributed by atoms with E-state index in [-0.39, 0.29) is 12.3 Å². The number of hydrogen-bond donors (Lipinski definition) is 1. The lowest BCUT2D eigenvalue weighted by atomic mass is 10.0. The van der Waals surface area contributed by atoms with Gasteiger partial charge in [0.15, 0.2) is 11.5 Å². The number of aryl methyl sites for hydroxylation is 2. The number of benzene rings is 3. The van der Waals surface area contributed by atoms with Crippen LogP contribution < -0.4 is 14.9 Å². The first-order valence-corrected chi connectivity index (χ1v) is 11.3. The van der Waals surface area contributed by atoms with Crippen molar-refractivity contribution in [3.8, 4) is 11.5 Å². The number of nitrogens with one attached hydrogen (secondary N) is 1. The Balaban J connectivity index is 1.66. The Morgan fingerprint density at radius 2 is 1.79 bits per heavy atom. The van der Waals surface area contributed by atoms with Crippen molar-refractivity contribution in [3.05, 3.63) is 92.5 Å². The normalized spacial score (nSPS) is 10.9. The Morgan fingerprint density at radius 3 is 2.48 bits per heavy atom. The number of rotatable bonds is 9. The zero-order valence-corrected chi connectivity index (χ0v) is 20.3. The van der Waals surface area contributed by atoms with Crippen molar-refractivity contribution in [2.75, 3.05) is 6.61 Å². The average molecular weight is 485 g/mol. The summed E-state index contributed by atoms with van der Waals surface area (Å²) in [5.41, 5.74) is 7.41. The molecule has 0 aromatic heterocycles. The highest BCUT2D eigenvalue weighted by Gasteiger charge is 2.13. The molecule has 3 rings (SSSR count). The number of hydrogen-bond acceptors (Lipinski definition) is 4. The van der Waals surface area contributed by atoms with Crippen molar-refractivity contribution in [2.45, 2.75) is 33.8 Å². The predicted molar refractivity (Wildman–Crippen MR) is 134 cm³/mol. The lowest BCUT2D eigenvalue weighted by molar-refractivity contribution is -0.120. The van der Waals surface area contributed by atoms with Gasteiger partial charge in [-0.2, -0.15) is 5.10 Å². The van der Waals surface area contributed by atoms with Gasteiger partial charge in [0.05, 0.1) is 24.3 Å². The Hall–Kier alpha value is -3.02. The summed E-state index contributed by atoms with van der Waals surface area (Å²) in [7, 11) is 0. The van der Waals surface area contributed by atoms with E-state index in [2.05, 4.69) is 16.6 Å². The molecule has 0 aliphatic carbocycles. The second-order valence-electron chi connectivity index (χ2n) is 7.58. The van der Waals surface area contributed by atoms with Gasteiger partial charge < -0.3 is 9.47 Å². The fraction of sp³-hybridized carbons (Fsp3) is 0.231. The van der Waals surface area contributed by atoms with Gasteiger partial charge in [0.25, 0.3) is 0 Å². The molecule has 33 heavy (non-hydrogen) atoms. The molecule has 0 bridgehead atoms. The Labute approximate surface area is 204 Å². The Kier molecular flexibility index (Phi) is 8.75. The van der Waals surface area contributed by atoms with Crippen LogP contribution in [-0.2, 0) is 17.8 Å². The van der Waals surface area contributed by atoms with Crippen LogP contribution in [0.15, 0.2) is 59.7 Å². The monoisotopic (exact) mass is 484 g/mol. The summed E-state index contributed by atoms with van der Waals surface area (Å²) >= 11 is 12.4. The second kappa shape index (κ2) is 11.7. The van der Waals surface area contributed by atoms with Crippen LogP contribution in [0, 0.1) is 13.8 Å². The van der Waals surface area contributed by atoms with Gasteiger partial charge in [0.2, 0.25) is 5.91 Å². The summed E-state index contributed by atoms with van der Waals surface area (Å²) in [6.45, 7) is 6.66. The largest absolute Gasteiger partial charge is 0.490 e. The first-order valence-electron chi connectivity index (χ1n) is 10.6. The van der Waals surface area contributed by atoms with E-state index >= 15 is 0 Å². The molecule has 3 aromatic carbocycles. The predicted octanol–water partition coefficient (Wildman–Crippen LogP) is 6.28. The molecule has 0 saturated heterocycles. The molecule has 0 unspecified atom stereocenters. The molecule has 1 amide bonds. The van der Waals surface area contributed by atoms with Gasteiger partial charge in [-0.05, 0) is 67.3 Å². The number of carbonyl (C=O) groups is 1. The molecule has 0 aliphatic heterocycles. The summed E-state index contributed by atoms with van der Waals surface area (Å²) in [6, 6.07) is 16.9. The van der Waals surface area contributed by atoms with Gasteiger partial charge in [-0.25, -0.2) is 5.43 Å². The average Bonchev–Trinajstić information content (AvgIpc) is 2.76. The van der Waals surface area contributed by atoms with Gasteiger partial charge >= 0.3 is 0 Å². The third kappa shape index (κ3) is 7.24. The van der Waals surface area contributed by atoms with Crippen molar-refractivity contribution >= 4 is 35.3 Å². The van der Waals surface area contributed by atoms with Crippen LogP contribution in [0.3, 0.4) is 0 Å². The molecule has 0 fully saturated rings. The highest BCUT2D eigenvalue weighted by Crippen LogP contribution is 2.37. The van der Waals surface area contributed by atoms with E-state index in [1.807, 2.05) is 45.0 Å². The molecule has 172 valence electrons. The third-order valence-corrected chi connectivity index (χ3v) is 5.41. The maximum Gasteiger partial charge on any atom is 0.244 e. The fourth-order valence-electron chi connectivity index (χ4n) is 3.24. The molecule has 0 atom stereocenters. The molecule has 0 aliphatic rings. The van der Waals surface area contributed by atoms with Crippen molar-refractivity contribution in [1.82, 2.24) is 5.43 Å². The van der Waals surface area contributed by atoms with Crippen LogP contribution in [0.5, 0.6) is 11.5 Å². The van der Waals surface area contributed by atoms with E-state index in [0.29, 0.717) is 40.3 Å². The van der Waals surface area contributed by atoms with Crippen LogP contribution in [0.4, 0.5) is 0 Å². The zero-order valence-electron chi connectivity index (χ0n) is 18.8. The number of carbonyl (C=O) groups excluding carboxylic acids is 1.